The van der Waals surface area contributed by atoms with E-state index in [0.717, 1.165) is 5.56 Å². The fraction of sp³-hybridized carbons (Fsp3) is 0.158. The van der Waals surface area contributed by atoms with E-state index in [1.165, 1.54) is 13.2 Å². The summed E-state index contributed by atoms with van der Waals surface area (Å²) in [5, 5.41) is 2.52. The molecule has 0 unspecified atom stereocenters. The second kappa shape index (κ2) is 8.99. The SMILES string of the molecule is COc1ccc(C#CCNC(=O)OCc2ccccc2)c(C(N)=O)c1. The van der Waals surface area contributed by atoms with E-state index < -0.39 is 12.0 Å². The first-order valence-corrected chi connectivity index (χ1v) is 7.51. The van der Waals surface area contributed by atoms with E-state index in [-0.39, 0.29) is 18.7 Å². The number of nitrogens with two attached hydrogens (primary N) is 1. The molecule has 6 heteroatoms. The minimum absolute atomic E-state index is 0.0812. The molecule has 0 bridgehead atoms. The maximum atomic E-state index is 11.6. The molecule has 0 saturated carbocycles. The van der Waals surface area contributed by atoms with Crippen molar-refractivity contribution in [2.45, 2.75) is 6.61 Å². The van der Waals surface area contributed by atoms with Crippen LogP contribution in [0.2, 0.25) is 0 Å². The fourth-order valence-electron chi connectivity index (χ4n) is 1.99. The summed E-state index contributed by atoms with van der Waals surface area (Å²) in [6, 6.07) is 14.2. The summed E-state index contributed by atoms with van der Waals surface area (Å²) in [5.41, 5.74) is 6.96. The molecule has 0 aliphatic rings. The van der Waals surface area contributed by atoms with Crippen LogP contribution in [0.3, 0.4) is 0 Å². The van der Waals surface area contributed by atoms with Gasteiger partial charge in [0.15, 0.2) is 0 Å². The Kier molecular flexibility index (Phi) is 6.43. The van der Waals surface area contributed by atoms with E-state index in [1.807, 2.05) is 30.3 Å². The van der Waals surface area contributed by atoms with Gasteiger partial charge in [-0.15, -0.1) is 0 Å². The van der Waals surface area contributed by atoms with Crippen LogP contribution in [0.25, 0.3) is 0 Å². The largest absolute Gasteiger partial charge is 0.497 e. The molecule has 0 aliphatic heterocycles. The van der Waals surface area contributed by atoms with Gasteiger partial charge in [-0.3, -0.25) is 4.79 Å². The van der Waals surface area contributed by atoms with Crippen molar-refractivity contribution in [3.8, 4) is 17.6 Å². The lowest BCUT2D eigenvalue weighted by molar-refractivity contribution is 0.0999. The van der Waals surface area contributed by atoms with Crippen LogP contribution >= 0.6 is 0 Å². The molecule has 128 valence electrons. The van der Waals surface area contributed by atoms with Gasteiger partial charge in [-0.2, -0.15) is 0 Å². The number of primary amides is 1. The lowest BCUT2D eigenvalue weighted by Gasteiger charge is -2.05. The number of hydrogen-bond acceptors (Lipinski definition) is 4. The van der Waals surface area contributed by atoms with Crippen molar-refractivity contribution in [3.63, 3.8) is 0 Å². The highest BCUT2D eigenvalue weighted by Gasteiger charge is 2.08. The van der Waals surface area contributed by atoms with Gasteiger partial charge in [0.1, 0.15) is 12.4 Å². The van der Waals surface area contributed by atoms with Crippen LogP contribution in [0.5, 0.6) is 5.75 Å². The third-order valence-corrected chi connectivity index (χ3v) is 3.25. The van der Waals surface area contributed by atoms with Crippen molar-refractivity contribution in [3.05, 3.63) is 65.2 Å². The number of benzene rings is 2. The topological polar surface area (TPSA) is 90.7 Å². The molecule has 0 atom stereocenters. The second-order valence-electron chi connectivity index (χ2n) is 4.99. The van der Waals surface area contributed by atoms with Crippen molar-refractivity contribution in [2.24, 2.45) is 5.73 Å². The highest BCUT2D eigenvalue weighted by atomic mass is 16.5. The predicted molar refractivity (Wildman–Crippen MR) is 93.0 cm³/mol. The number of nitrogens with one attached hydrogen (secondary N) is 1. The van der Waals surface area contributed by atoms with Crippen molar-refractivity contribution in [1.82, 2.24) is 5.32 Å². The molecule has 6 nitrogen and oxygen atoms in total. The van der Waals surface area contributed by atoms with Gasteiger partial charge in [-0.1, -0.05) is 42.2 Å². The van der Waals surface area contributed by atoms with Crippen LogP contribution in [-0.4, -0.2) is 25.7 Å². The van der Waals surface area contributed by atoms with E-state index in [2.05, 4.69) is 17.2 Å². The normalized spacial score (nSPS) is 9.48. The number of alkyl carbamates (subject to hydrolysis) is 1. The number of rotatable bonds is 5. The Morgan fingerprint density at radius 3 is 2.60 bits per heavy atom. The van der Waals surface area contributed by atoms with Gasteiger partial charge in [-0.25, -0.2) is 4.79 Å². The predicted octanol–water partition coefficient (Wildman–Crippen LogP) is 2.07. The molecule has 0 saturated heterocycles. The highest BCUT2D eigenvalue weighted by molar-refractivity contribution is 5.95. The van der Waals surface area contributed by atoms with Crippen LogP contribution < -0.4 is 15.8 Å². The lowest BCUT2D eigenvalue weighted by Crippen LogP contribution is -2.24. The molecule has 2 aromatic rings. The molecule has 0 heterocycles. The standard InChI is InChI=1S/C19H18N2O4/c1-24-16-10-9-15(17(12-16)18(20)22)8-5-11-21-19(23)25-13-14-6-3-2-4-7-14/h2-4,6-7,9-10,12H,11,13H2,1H3,(H2,20,22)(H,21,23). The molecule has 3 N–H and O–H groups in total. The van der Waals surface area contributed by atoms with Gasteiger partial charge in [-0.05, 0) is 23.8 Å². The molecule has 0 aromatic heterocycles. The van der Waals surface area contributed by atoms with Crippen LogP contribution in [0.4, 0.5) is 4.79 Å². The van der Waals surface area contributed by atoms with Crippen LogP contribution in [0.1, 0.15) is 21.5 Å². The highest BCUT2D eigenvalue weighted by Crippen LogP contribution is 2.16. The van der Waals surface area contributed by atoms with E-state index in [0.29, 0.717) is 11.3 Å². The van der Waals surface area contributed by atoms with Gasteiger partial charge in [0, 0.05) is 5.56 Å². The van der Waals surface area contributed by atoms with Crippen molar-refractivity contribution in [1.29, 1.82) is 0 Å². The van der Waals surface area contributed by atoms with Gasteiger partial charge < -0.3 is 20.5 Å². The molecule has 2 rings (SSSR count). The van der Waals surface area contributed by atoms with Gasteiger partial charge in [0.2, 0.25) is 5.91 Å². The Hall–Kier alpha value is -3.46. The molecule has 0 aliphatic carbocycles. The molecule has 2 aromatic carbocycles. The summed E-state index contributed by atoms with van der Waals surface area (Å²) < 4.78 is 10.1. The molecule has 0 spiro atoms. The van der Waals surface area contributed by atoms with Crippen molar-refractivity contribution < 1.29 is 19.1 Å². The smallest absolute Gasteiger partial charge is 0.408 e. The summed E-state index contributed by atoms with van der Waals surface area (Å²) in [6.07, 6.45) is -0.567. The van der Waals surface area contributed by atoms with E-state index >= 15 is 0 Å². The Bertz CT molecular complexity index is 807. The summed E-state index contributed by atoms with van der Waals surface area (Å²) in [5.74, 6) is 5.47. The van der Waals surface area contributed by atoms with Crippen molar-refractivity contribution in [2.75, 3.05) is 13.7 Å². The van der Waals surface area contributed by atoms with Gasteiger partial charge in [0.25, 0.3) is 0 Å². The Balaban J connectivity index is 1.88. The van der Waals surface area contributed by atoms with Crippen LogP contribution in [0.15, 0.2) is 48.5 Å². The van der Waals surface area contributed by atoms with E-state index in [1.54, 1.807) is 12.1 Å². The third kappa shape index (κ3) is 5.59. The number of methoxy groups -OCH3 is 1. The number of ether oxygens (including phenoxy) is 2. The molecule has 25 heavy (non-hydrogen) atoms. The maximum absolute atomic E-state index is 11.6. The zero-order valence-corrected chi connectivity index (χ0v) is 13.7. The lowest BCUT2D eigenvalue weighted by atomic mass is 10.1. The second-order valence-corrected chi connectivity index (χ2v) is 4.99. The number of amides is 2. The Morgan fingerprint density at radius 2 is 1.92 bits per heavy atom. The Morgan fingerprint density at radius 1 is 1.16 bits per heavy atom. The summed E-state index contributed by atoms with van der Waals surface area (Å²) in [7, 11) is 1.50. The van der Waals surface area contributed by atoms with Crippen LogP contribution in [0, 0.1) is 11.8 Å². The third-order valence-electron chi connectivity index (χ3n) is 3.25. The number of hydrogen-bond donors (Lipinski definition) is 2. The quantitative estimate of drug-likeness (QED) is 0.817. The maximum Gasteiger partial charge on any atom is 0.408 e. The molecule has 2 amide bonds. The van der Waals surface area contributed by atoms with E-state index in [9.17, 15) is 9.59 Å². The summed E-state index contributed by atoms with van der Waals surface area (Å²) in [6.45, 7) is 0.266. The van der Waals surface area contributed by atoms with E-state index in [4.69, 9.17) is 15.2 Å². The summed E-state index contributed by atoms with van der Waals surface area (Å²) in [4.78, 5) is 23.1. The average molecular weight is 338 g/mol. The van der Waals surface area contributed by atoms with Crippen molar-refractivity contribution >= 4 is 12.0 Å². The minimum Gasteiger partial charge on any atom is -0.497 e. The first kappa shape index (κ1) is 17.9. The molecule has 0 fully saturated rings. The zero-order chi connectivity index (χ0) is 18.1. The summed E-state index contributed by atoms with van der Waals surface area (Å²) >= 11 is 0. The average Bonchev–Trinajstić information content (AvgIpc) is 2.64. The Labute approximate surface area is 145 Å². The van der Waals surface area contributed by atoms with Crippen LogP contribution in [-0.2, 0) is 11.3 Å². The number of carbonyl (C=O) groups excluding carboxylic acids is 2. The molecule has 0 radical (unpaired) electrons. The zero-order valence-electron chi connectivity index (χ0n) is 13.7. The first-order chi connectivity index (χ1) is 12.1. The van der Waals surface area contributed by atoms with Gasteiger partial charge >= 0.3 is 6.09 Å². The van der Waals surface area contributed by atoms with Gasteiger partial charge in [0.05, 0.1) is 19.2 Å². The molecular weight excluding hydrogens is 320 g/mol. The monoisotopic (exact) mass is 338 g/mol. The first-order valence-electron chi connectivity index (χ1n) is 7.51. The number of carbonyl (C=O) groups is 2. The minimum atomic E-state index is -0.599. The fourth-order valence-corrected chi connectivity index (χ4v) is 1.99. The molecular formula is C19H18N2O4.